The topological polar surface area (TPSA) is 72.0 Å². The first-order chi connectivity index (χ1) is 7.58. The minimum atomic E-state index is -0.827. The van der Waals surface area contributed by atoms with Gasteiger partial charge in [-0.2, -0.15) is 4.98 Å². The molecule has 0 bridgehead atoms. The fraction of sp³-hybridized carbons (Fsp3) is 0.222. The van der Waals surface area contributed by atoms with E-state index in [2.05, 4.69) is 15.1 Å². The Kier molecular flexibility index (Phi) is 3.09. The molecule has 1 N–H and O–H groups in total. The smallest absolute Gasteiger partial charge is 0.255 e. The van der Waals surface area contributed by atoms with Gasteiger partial charge in [0.05, 0.1) is 10.0 Å². The zero-order valence-electron chi connectivity index (χ0n) is 8.19. The second-order valence-electron chi connectivity index (χ2n) is 3.12. The molecule has 84 valence electrons. The number of nitrogens with zero attached hydrogens (tertiary/aromatic N) is 3. The molecule has 0 radical (unpaired) electrons. The number of pyridine rings is 1. The molecular weight excluding hydrogens is 253 g/mol. The van der Waals surface area contributed by atoms with Gasteiger partial charge < -0.3 is 9.63 Å². The van der Waals surface area contributed by atoms with Gasteiger partial charge in [-0.25, -0.2) is 4.98 Å². The lowest BCUT2D eigenvalue weighted by atomic mass is 10.3. The van der Waals surface area contributed by atoms with Gasteiger partial charge in [-0.1, -0.05) is 28.4 Å². The Morgan fingerprint density at radius 3 is 2.75 bits per heavy atom. The number of aliphatic hydroxyl groups excluding tert-OH is 1. The highest BCUT2D eigenvalue weighted by Gasteiger charge is 2.16. The second kappa shape index (κ2) is 4.37. The van der Waals surface area contributed by atoms with Gasteiger partial charge in [-0.05, 0) is 13.0 Å². The minimum absolute atomic E-state index is 0.114. The van der Waals surface area contributed by atoms with E-state index in [1.165, 1.54) is 19.2 Å². The maximum atomic E-state index is 9.23. The number of aliphatic hydroxyl groups is 1. The largest absolute Gasteiger partial charge is 0.384 e. The van der Waals surface area contributed by atoms with Crippen LogP contribution in [0.5, 0.6) is 0 Å². The molecule has 0 unspecified atom stereocenters. The third-order valence-electron chi connectivity index (χ3n) is 1.82. The summed E-state index contributed by atoms with van der Waals surface area (Å²) in [5, 5.41) is 13.6. The van der Waals surface area contributed by atoms with Crippen LogP contribution in [0.3, 0.4) is 0 Å². The lowest BCUT2D eigenvalue weighted by Crippen LogP contribution is -1.91. The van der Waals surface area contributed by atoms with E-state index < -0.39 is 6.10 Å². The molecule has 0 saturated carbocycles. The van der Waals surface area contributed by atoms with Crippen LogP contribution in [-0.4, -0.2) is 20.2 Å². The molecule has 2 heterocycles. The van der Waals surface area contributed by atoms with Gasteiger partial charge in [0, 0.05) is 6.20 Å². The average Bonchev–Trinajstić information content (AvgIpc) is 2.66. The lowest BCUT2D eigenvalue weighted by molar-refractivity contribution is 0.152. The Balaban J connectivity index is 2.42. The van der Waals surface area contributed by atoms with Crippen LogP contribution in [0.15, 0.2) is 16.8 Å². The Morgan fingerprint density at radius 1 is 1.44 bits per heavy atom. The van der Waals surface area contributed by atoms with Gasteiger partial charge in [-0.3, -0.25) is 0 Å². The molecule has 1 atom stereocenters. The summed E-state index contributed by atoms with van der Waals surface area (Å²) in [7, 11) is 0. The van der Waals surface area contributed by atoms with Crippen molar-refractivity contribution in [3.63, 3.8) is 0 Å². The summed E-state index contributed by atoms with van der Waals surface area (Å²) < 4.78 is 4.82. The quantitative estimate of drug-likeness (QED) is 0.897. The molecule has 0 amide bonds. The van der Waals surface area contributed by atoms with Crippen molar-refractivity contribution in [3.8, 4) is 11.5 Å². The van der Waals surface area contributed by atoms with E-state index in [0.29, 0.717) is 15.7 Å². The normalized spacial score (nSPS) is 12.8. The second-order valence-corrected chi connectivity index (χ2v) is 3.96. The van der Waals surface area contributed by atoms with Crippen LogP contribution >= 0.6 is 23.2 Å². The van der Waals surface area contributed by atoms with E-state index in [0.717, 1.165) is 0 Å². The number of hydrogen-bond acceptors (Lipinski definition) is 5. The van der Waals surface area contributed by atoms with Crippen molar-refractivity contribution in [3.05, 3.63) is 28.2 Å². The van der Waals surface area contributed by atoms with Crippen molar-refractivity contribution in [1.82, 2.24) is 15.1 Å². The molecule has 7 heteroatoms. The Hall–Kier alpha value is -1.17. The third kappa shape index (κ3) is 2.16. The summed E-state index contributed by atoms with van der Waals surface area (Å²) in [6.07, 6.45) is 0.605. The van der Waals surface area contributed by atoms with Crippen molar-refractivity contribution < 1.29 is 9.63 Å². The summed E-state index contributed by atoms with van der Waals surface area (Å²) in [4.78, 5) is 7.94. The van der Waals surface area contributed by atoms with Gasteiger partial charge in [0.2, 0.25) is 5.82 Å². The number of hydrogen-bond donors (Lipinski definition) is 1. The van der Waals surface area contributed by atoms with Crippen LogP contribution in [0, 0.1) is 0 Å². The molecular formula is C9H7Cl2N3O2. The van der Waals surface area contributed by atoms with Gasteiger partial charge in [0.1, 0.15) is 11.8 Å². The van der Waals surface area contributed by atoms with Crippen LogP contribution in [0.25, 0.3) is 11.5 Å². The molecule has 0 spiro atoms. The molecule has 5 nitrogen and oxygen atoms in total. The molecule has 2 rings (SSSR count). The highest BCUT2D eigenvalue weighted by molar-refractivity contribution is 6.35. The minimum Gasteiger partial charge on any atom is -0.384 e. The fourth-order valence-corrected chi connectivity index (χ4v) is 1.54. The fourth-order valence-electron chi connectivity index (χ4n) is 1.08. The third-order valence-corrected chi connectivity index (χ3v) is 2.31. The highest BCUT2D eigenvalue weighted by Crippen LogP contribution is 2.26. The Labute approximate surface area is 101 Å². The van der Waals surface area contributed by atoms with Crippen molar-refractivity contribution >= 4 is 23.2 Å². The van der Waals surface area contributed by atoms with Crippen molar-refractivity contribution in [2.75, 3.05) is 0 Å². The van der Waals surface area contributed by atoms with Crippen LogP contribution in [-0.2, 0) is 0 Å². The van der Waals surface area contributed by atoms with Crippen molar-refractivity contribution in [2.24, 2.45) is 0 Å². The molecule has 0 aromatic carbocycles. The molecule has 2 aromatic heterocycles. The number of aromatic nitrogens is 3. The van der Waals surface area contributed by atoms with E-state index in [4.69, 9.17) is 27.7 Å². The standard InChI is InChI=1S/C9H7Cl2N3O2/c1-4(15)9-13-8(14-16-9)7-6(11)2-5(10)3-12-7/h2-4,15H,1H3/t4-/m0/s1. The van der Waals surface area contributed by atoms with Crippen molar-refractivity contribution in [2.45, 2.75) is 13.0 Å². The van der Waals surface area contributed by atoms with Crippen LogP contribution in [0.1, 0.15) is 18.9 Å². The molecule has 16 heavy (non-hydrogen) atoms. The molecule has 0 saturated heterocycles. The Morgan fingerprint density at radius 2 is 2.19 bits per heavy atom. The van der Waals surface area contributed by atoms with Crippen molar-refractivity contribution in [1.29, 1.82) is 0 Å². The lowest BCUT2D eigenvalue weighted by Gasteiger charge is -1.97. The zero-order chi connectivity index (χ0) is 11.7. The molecule has 0 aliphatic heterocycles. The monoisotopic (exact) mass is 259 g/mol. The van der Waals surface area contributed by atoms with E-state index in [9.17, 15) is 5.11 Å². The average molecular weight is 260 g/mol. The predicted molar refractivity (Wildman–Crippen MR) is 58.2 cm³/mol. The summed E-state index contributed by atoms with van der Waals surface area (Å²) in [5.41, 5.74) is 0.363. The maximum Gasteiger partial charge on any atom is 0.255 e. The SMILES string of the molecule is C[C@H](O)c1nc(-c2ncc(Cl)cc2Cl)no1. The zero-order valence-corrected chi connectivity index (χ0v) is 9.70. The van der Waals surface area contributed by atoms with Gasteiger partial charge in [0.15, 0.2) is 0 Å². The molecule has 2 aromatic rings. The van der Waals surface area contributed by atoms with Crippen LogP contribution in [0.2, 0.25) is 10.0 Å². The number of rotatable bonds is 2. The first-order valence-corrected chi connectivity index (χ1v) is 5.16. The first kappa shape index (κ1) is 11.3. The van der Waals surface area contributed by atoms with Gasteiger partial charge in [-0.15, -0.1) is 0 Å². The maximum absolute atomic E-state index is 9.23. The van der Waals surface area contributed by atoms with Gasteiger partial charge in [0.25, 0.3) is 5.89 Å². The summed E-state index contributed by atoms with van der Waals surface area (Å²) >= 11 is 11.6. The Bertz CT molecular complexity index is 513. The molecule has 0 aliphatic carbocycles. The summed E-state index contributed by atoms with van der Waals surface area (Å²) in [6, 6.07) is 1.53. The van der Waals surface area contributed by atoms with E-state index in [-0.39, 0.29) is 11.7 Å². The highest BCUT2D eigenvalue weighted by atomic mass is 35.5. The summed E-state index contributed by atoms with van der Waals surface area (Å²) in [5.74, 6) is 0.334. The van der Waals surface area contributed by atoms with E-state index >= 15 is 0 Å². The van der Waals surface area contributed by atoms with E-state index in [1.807, 2.05) is 0 Å². The van der Waals surface area contributed by atoms with Gasteiger partial charge >= 0.3 is 0 Å². The summed E-state index contributed by atoms with van der Waals surface area (Å²) in [6.45, 7) is 1.52. The first-order valence-electron chi connectivity index (χ1n) is 4.41. The van der Waals surface area contributed by atoms with Crippen LogP contribution < -0.4 is 0 Å². The number of halogens is 2. The van der Waals surface area contributed by atoms with Crippen LogP contribution in [0.4, 0.5) is 0 Å². The predicted octanol–water partition coefficient (Wildman–Crippen LogP) is 2.49. The molecule has 0 aliphatic rings. The van der Waals surface area contributed by atoms with E-state index in [1.54, 1.807) is 0 Å². The molecule has 0 fully saturated rings.